The van der Waals surface area contributed by atoms with E-state index < -0.39 is 0 Å². The quantitative estimate of drug-likeness (QED) is 0.653. The smallest absolute Gasteiger partial charge is 0.234 e. The Labute approximate surface area is 133 Å². The van der Waals surface area contributed by atoms with Gasteiger partial charge in [-0.3, -0.25) is 4.79 Å². The van der Waals surface area contributed by atoms with Crippen LogP contribution >= 0.6 is 23.4 Å². The van der Waals surface area contributed by atoms with E-state index in [1.807, 2.05) is 32.0 Å². The summed E-state index contributed by atoms with van der Waals surface area (Å²) in [6, 6.07) is 11.2. The highest BCUT2D eigenvalue weighted by Crippen LogP contribution is 2.29. The maximum atomic E-state index is 12.0. The van der Waals surface area contributed by atoms with E-state index in [-0.39, 0.29) is 11.7 Å². The second-order valence-electron chi connectivity index (χ2n) is 4.85. The van der Waals surface area contributed by atoms with Crippen LogP contribution in [0.25, 0.3) is 0 Å². The minimum absolute atomic E-state index is 0.0628. The molecule has 0 aliphatic heterocycles. The van der Waals surface area contributed by atoms with Crippen molar-refractivity contribution in [1.29, 1.82) is 0 Å². The third-order valence-corrected chi connectivity index (χ3v) is 4.48. The van der Waals surface area contributed by atoms with Crippen LogP contribution in [0.15, 0.2) is 41.3 Å². The number of anilines is 2. The van der Waals surface area contributed by atoms with Crippen LogP contribution in [0.3, 0.4) is 0 Å². The molecule has 5 heteroatoms. The summed E-state index contributed by atoms with van der Waals surface area (Å²) in [5.74, 6) is 0.225. The average molecular weight is 321 g/mol. The highest BCUT2D eigenvalue weighted by Gasteiger charge is 2.08. The number of carbonyl (C=O) groups is 1. The molecule has 0 saturated heterocycles. The lowest BCUT2D eigenvalue weighted by Gasteiger charge is -2.10. The second kappa shape index (κ2) is 6.87. The first-order valence-corrected chi connectivity index (χ1v) is 7.87. The van der Waals surface area contributed by atoms with Crippen molar-refractivity contribution in [3.63, 3.8) is 0 Å². The first-order valence-electron chi connectivity index (χ1n) is 6.50. The Morgan fingerprint density at radius 2 is 2.00 bits per heavy atom. The summed E-state index contributed by atoms with van der Waals surface area (Å²) >= 11 is 7.45. The summed E-state index contributed by atoms with van der Waals surface area (Å²) in [5.41, 5.74) is 9.36. The van der Waals surface area contributed by atoms with Crippen molar-refractivity contribution in [3.05, 3.63) is 52.5 Å². The molecule has 0 aliphatic carbocycles. The van der Waals surface area contributed by atoms with E-state index in [4.69, 9.17) is 17.3 Å². The van der Waals surface area contributed by atoms with Gasteiger partial charge < -0.3 is 11.1 Å². The number of nitrogens with two attached hydrogens (primary N) is 1. The number of thioether (sulfide) groups is 1. The van der Waals surface area contributed by atoms with Gasteiger partial charge in [0.1, 0.15) is 0 Å². The number of carbonyl (C=O) groups excluding carboxylic acids is 1. The lowest BCUT2D eigenvalue weighted by atomic mass is 10.1. The Bertz CT molecular complexity index is 673. The summed E-state index contributed by atoms with van der Waals surface area (Å²) in [6.07, 6.45) is 0. The zero-order chi connectivity index (χ0) is 15.4. The molecule has 2 aromatic carbocycles. The second-order valence-corrected chi connectivity index (χ2v) is 6.27. The standard InChI is InChI=1S/C16H17ClN2OS/c1-10-3-4-11(2)14(7-10)19-16(20)9-21-15-8-12(18)5-6-13(15)17/h3-8H,9,18H2,1-2H3,(H,19,20). The minimum atomic E-state index is -0.0628. The summed E-state index contributed by atoms with van der Waals surface area (Å²) < 4.78 is 0. The molecule has 3 N–H and O–H groups in total. The van der Waals surface area contributed by atoms with Crippen LogP contribution in [0.2, 0.25) is 5.02 Å². The van der Waals surface area contributed by atoms with Gasteiger partial charge in [-0.25, -0.2) is 0 Å². The van der Waals surface area contributed by atoms with Crippen LogP contribution in [0.5, 0.6) is 0 Å². The van der Waals surface area contributed by atoms with Gasteiger partial charge in [-0.15, -0.1) is 11.8 Å². The molecule has 0 heterocycles. The molecular weight excluding hydrogens is 304 g/mol. The van der Waals surface area contributed by atoms with Crippen molar-refractivity contribution < 1.29 is 4.79 Å². The van der Waals surface area contributed by atoms with Crippen molar-refractivity contribution in [2.24, 2.45) is 0 Å². The number of halogens is 1. The molecule has 2 aromatic rings. The molecule has 0 atom stereocenters. The normalized spacial score (nSPS) is 10.4. The largest absolute Gasteiger partial charge is 0.399 e. The molecule has 0 fully saturated rings. The number of rotatable bonds is 4. The molecular formula is C16H17ClN2OS. The SMILES string of the molecule is Cc1ccc(C)c(NC(=O)CSc2cc(N)ccc2Cl)c1. The van der Waals surface area contributed by atoms with Crippen molar-refractivity contribution >= 4 is 40.6 Å². The fourth-order valence-electron chi connectivity index (χ4n) is 1.83. The molecule has 0 unspecified atom stereocenters. The Balaban J connectivity index is 1.99. The van der Waals surface area contributed by atoms with Crippen LogP contribution in [0, 0.1) is 13.8 Å². The Kier molecular flexibility index (Phi) is 5.15. The fourth-order valence-corrected chi connectivity index (χ4v) is 2.90. The molecule has 0 saturated carbocycles. The molecule has 1 amide bonds. The van der Waals surface area contributed by atoms with E-state index in [1.54, 1.807) is 18.2 Å². The summed E-state index contributed by atoms with van der Waals surface area (Å²) in [6.45, 7) is 3.97. The maximum absolute atomic E-state index is 12.0. The van der Waals surface area contributed by atoms with Crippen LogP contribution < -0.4 is 11.1 Å². The predicted molar refractivity (Wildman–Crippen MR) is 91.1 cm³/mol. The van der Waals surface area contributed by atoms with E-state index in [9.17, 15) is 4.79 Å². The third kappa shape index (κ3) is 4.41. The van der Waals surface area contributed by atoms with Crippen molar-refractivity contribution in [1.82, 2.24) is 0 Å². The van der Waals surface area contributed by atoms with Crippen molar-refractivity contribution in [2.75, 3.05) is 16.8 Å². The van der Waals surface area contributed by atoms with Gasteiger partial charge in [-0.2, -0.15) is 0 Å². The average Bonchev–Trinajstić information content (AvgIpc) is 2.44. The maximum Gasteiger partial charge on any atom is 0.234 e. The van der Waals surface area contributed by atoms with E-state index in [0.29, 0.717) is 10.7 Å². The number of hydrogen-bond acceptors (Lipinski definition) is 3. The molecule has 21 heavy (non-hydrogen) atoms. The summed E-state index contributed by atoms with van der Waals surface area (Å²) in [4.78, 5) is 12.9. The Morgan fingerprint density at radius 1 is 1.24 bits per heavy atom. The molecule has 0 aromatic heterocycles. The van der Waals surface area contributed by atoms with Crippen LogP contribution in [0.4, 0.5) is 11.4 Å². The molecule has 2 rings (SSSR count). The molecule has 110 valence electrons. The van der Waals surface area contributed by atoms with Gasteiger partial charge in [0.25, 0.3) is 0 Å². The lowest BCUT2D eigenvalue weighted by Crippen LogP contribution is -2.15. The van der Waals surface area contributed by atoms with Gasteiger partial charge in [-0.05, 0) is 49.2 Å². The first-order chi connectivity index (χ1) is 9.95. The highest BCUT2D eigenvalue weighted by molar-refractivity contribution is 8.00. The zero-order valence-corrected chi connectivity index (χ0v) is 13.5. The van der Waals surface area contributed by atoms with Crippen molar-refractivity contribution in [2.45, 2.75) is 18.7 Å². The van der Waals surface area contributed by atoms with Crippen LogP contribution in [0.1, 0.15) is 11.1 Å². The predicted octanol–water partition coefficient (Wildman–Crippen LogP) is 4.27. The third-order valence-electron chi connectivity index (χ3n) is 2.98. The van der Waals surface area contributed by atoms with Gasteiger partial charge in [0, 0.05) is 16.3 Å². The number of hydrogen-bond donors (Lipinski definition) is 2. The van der Waals surface area contributed by atoms with Gasteiger partial charge in [0.05, 0.1) is 10.8 Å². The first kappa shape index (κ1) is 15.7. The summed E-state index contributed by atoms with van der Waals surface area (Å²) in [7, 11) is 0. The lowest BCUT2D eigenvalue weighted by molar-refractivity contribution is -0.113. The van der Waals surface area contributed by atoms with E-state index >= 15 is 0 Å². The summed E-state index contributed by atoms with van der Waals surface area (Å²) in [5, 5.41) is 3.53. The van der Waals surface area contributed by atoms with Crippen molar-refractivity contribution in [3.8, 4) is 0 Å². The molecule has 0 radical (unpaired) electrons. The van der Waals surface area contributed by atoms with E-state index in [1.165, 1.54) is 11.8 Å². The number of aryl methyl sites for hydroxylation is 2. The molecule has 0 spiro atoms. The van der Waals surface area contributed by atoms with E-state index in [0.717, 1.165) is 21.7 Å². The highest BCUT2D eigenvalue weighted by atomic mass is 35.5. The topological polar surface area (TPSA) is 55.1 Å². The molecule has 0 aliphatic rings. The number of nitrogen functional groups attached to an aromatic ring is 1. The van der Waals surface area contributed by atoms with Gasteiger partial charge >= 0.3 is 0 Å². The molecule has 0 bridgehead atoms. The number of nitrogens with one attached hydrogen (secondary N) is 1. The molecule has 3 nitrogen and oxygen atoms in total. The van der Waals surface area contributed by atoms with Gasteiger partial charge in [0.2, 0.25) is 5.91 Å². The van der Waals surface area contributed by atoms with Crippen LogP contribution in [-0.2, 0) is 4.79 Å². The number of amides is 1. The Morgan fingerprint density at radius 3 is 2.76 bits per heavy atom. The van der Waals surface area contributed by atoms with E-state index in [2.05, 4.69) is 5.32 Å². The van der Waals surface area contributed by atoms with Crippen LogP contribution in [-0.4, -0.2) is 11.7 Å². The van der Waals surface area contributed by atoms with Gasteiger partial charge in [0.15, 0.2) is 0 Å². The monoisotopic (exact) mass is 320 g/mol. The Hall–Kier alpha value is -1.65. The van der Waals surface area contributed by atoms with Gasteiger partial charge in [-0.1, -0.05) is 23.7 Å². The fraction of sp³-hybridized carbons (Fsp3) is 0.188. The zero-order valence-electron chi connectivity index (χ0n) is 11.9. The number of benzene rings is 2. The minimum Gasteiger partial charge on any atom is -0.399 e.